The van der Waals surface area contributed by atoms with Crippen molar-refractivity contribution in [3.8, 4) is 0 Å². The molecule has 34 heavy (non-hydrogen) atoms. The Balaban J connectivity index is 2.43. The molecule has 0 aliphatic carbocycles. The molecule has 3 N–H and O–H groups in total. The van der Waals surface area contributed by atoms with E-state index in [9.17, 15) is 34.5 Å². The molecule has 0 bridgehead atoms. The molecule has 0 saturated carbocycles. The van der Waals surface area contributed by atoms with Crippen molar-refractivity contribution in [1.29, 1.82) is 0 Å². The second kappa shape index (κ2) is 11.9. The lowest BCUT2D eigenvalue weighted by Gasteiger charge is -2.47. The Hall–Kier alpha value is -2.36. The molecule has 2 aliphatic heterocycles. The molecule has 0 amide bonds. The number of hydrogen-bond donors (Lipinski definition) is 3. The molecule has 194 valence electrons. The molecule has 0 unspecified atom stereocenters. The van der Waals surface area contributed by atoms with E-state index in [1.165, 1.54) is 6.92 Å². The molecule has 2 aliphatic rings. The topological polar surface area (TPSA) is 194 Å². The van der Waals surface area contributed by atoms with E-state index in [-0.39, 0.29) is 0 Å². The fourth-order valence-electron chi connectivity index (χ4n) is 3.77. The zero-order valence-corrected chi connectivity index (χ0v) is 19.3. The maximum Gasteiger partial charge on any atom is 0.303 e. The fourth-order valence-corrected chi connectivity index (χ4v) is 3.77. The van der Waals surface area contributed by atoms with Crippen LogP contribution in [0, 0.1) is 0 Å². The molecular weight excluding hydrogens is 464 g/mol. The van der Waals surface area contributed by atoms with Crippen molar-refractivity contribution >= 4 is 23.9 Å². The van der Waals surface area contributed by atoms with Gasteiger partial charge in [0, 0.05) is 27.7 Å². The highest BCUT2D eigenvalue weighted by Gasteiger charge is 2.55. The fraction of sp³-hybridized carbons (Fsp3) is 0.800. The molecular formula is C20H30O14. The first-order valence-electron chi connectivity index (χ1n) is 10.5. The molecule has 14 nitrogen and oxygen atoms in total. The molecule has 2 fully saturated rings. The van der Waals surface area contributed by atoms with Crippen LogP contribution in [0.4, 0.5) is 0 Å². The average molecular weight is 494 g/mol. The number of aliphatic hydroxyl groups excluding tert-OH is 3. The first-order chi connectivity index (χ1) is 15.8. The van der Waals surface area contributed by atoms with Crippen molar-refractivity contribution in [3.05, 3.63) is 0 Å². The maximum atomic E-state index is 11.8. The van der Waals surface area contributed by atoms with Gasteiger partial charge < -0.3 is 48.5 Å². The summed E-state index contributed by atoms with van der Waals surface area (Å²) < 4.78 is 37.4. The van der Waals surface area contributed by atoms with Gasteiger partial charge in [-0.25, -0.2) is 0 Å². The molecule has 2 heterocycles. The summed E-state index contributed by atoms with van der Waals surface area (Å²) in [6.07, 6.45) is -14.4. The molecule has 2 rings (SSSR count). The van der Waals surface area contributed by atoms with Gasteiger partial charge in [-0.3, -0.25) is 19.2 Å². The van der Waals surface area contributed by atoms with Gasteiger partial charge in [-0.1, -0.05) is 0 Å². The number of esters is 4. The van der Waals surface area contributed by atoms with Gasteiger partial charge in [-0.2, -0.15) is 0 Å². The van der Waals surface area contributed by atoms with E-state index in [1.807, 2.05) is 0 Å². The van der Waals surface area contributed by atoms with Crippen LogP contribution in [0.3, 0.4) is 0 Å². The smallest absolute Gasteiger partial charge is 0.303 e. The molecule has 0 aromatic heterocycles. The van der Waals surface area contributed by atoms with Crippen LogP contribution in [0.1, 0.15) is 34.6 Å². The van der Waals surface area contributed by atoms with Crippen LogP contribution in [-0.4, -0.2) is 107 Å². The van der Waals surface area contributed by atoms with Crippen LogP contribution in [0.5, 0.6) is 0 Å². The van der Waals surface area contributed by atoms with Crippen molar-refractivity contribution in [3.63, 3.8) is 0 Å². The van der Waals surface area contributed by atoms with Crippen LogP contribution in [0.25, 0.3) is 0 Å². The van der Waals surface area contributed by atoms with Crippen LogP contribution in [-0.2, 0) is 52.3 Å². The highest BCUT2D eigenvalue weighted by molar-refractivity contribution is 5.68. The summed E-state index contributed by atoms with van der Waals surface area (Å²) in [4.78, 5) is 46.7. The number of ether oxygens (including phenoxy) is 7. The summed E-state index contributed by atoms with van der Waals surface area (Å²) >= 11 is 0. The van der Waals surface area contributed by atoms with Crippen molar-refractivity contribution in [2.45, 2.75) is 96.0 Å². The molecule has 2 saturated heterocycles. The first-order valence-corrected chi connectivity index (χ1v) is 10.5. The molecule has 0 spiro atoms. The standard InChI is InChI=1S/C20H30O14/c1-7-14(29-8(2)22)16(30-9(3)23)18(32-11(5)25)20(28-7)34-15-13(26)12(6-21)33-19(27)17(15)31-10(4)24/h7,12-21,26-27H,6H2,1-5H3/t7-,12+,13+,14-,15-,16+,17+,18+,19+,20-/m0/s1. The Bertz CT molecular complexity index is 756. The lowest BCUT2D eigenvalue weighted by Crippen LogP contribution is -2.65. The summed E-state index contributed by atoms with van der Waals surface area (Å²) in [5, 5.41) is 30.4. The van der Waals surface area contributed by atoms with Gasteiger partial charge in [0.25, 0.3) is 0 Å². The highest BCUT2D eigenvalue weighted by atomic mass is 16.7. The number of rotatable bonds is 7. The Labute approximate surface area is 194 Å². The van der Waals surface area contributed by atoms with E-state index in [0.717, 1.165) is 27.7 Å². The zero-order chi connectivity index (χ0) is 25.7. The van der Waals surface area contributed by atoms with Crippen LogP contribution in [0.15, 0.2) is 0 Å². The van der Waals surface area contributed by atoms with E-state index in [0.29, 0.717) is 0 Å². The van der Waals surface area contributed by atoms with Gasteiger partial charge in [0.1, 0.15) is 18.3 Å². The third-order valence-electron chi connectivity index (χ3n) is 5.04. The Morgan fingerprint density at radius 2 is 1.18 bits per heavy atom. The van der Waals surface area contributed by atoms with Gasteiger partial charge in [-0.05, 0) is 6.92 Å². The maximum absolute atomic E-state index is 11.8. The average Bonchev–Trinajstić information content (AvgIpc) is 2.71. The number of carbonyl (C=O) groups excluding carboxylic acids is 4. The lowest BCUT2D eigenvalue weighted by atomic mass is 9.96. The Kier molecular flexibility index (Phi) is 9.73. The third-order valence-corrected chi connectivity index (χ3v) is 5.04. The van der Waals surface area contributed by atoms with Crippen LogP contribution in [0.2, 0.25) is 0 Å². The second-order valence-corrected chi connectivity index (χ2v) is 7.84. The molecule has 0 aromatic carbocycles. The lowest BCUT2D eigenvalue weighted by molar-refractivity contribution is -0.354. The largest absolute Gasteiger partial charge is 0.456 e. The third kappa shape index (κ3) is 6.84. The zero-order valence-electron chi connectivity index (χ0n) is 19.3. The second-order valence-electron chi connectivity index (χ2n) is 7.84. The normalized spacial score (nSPS) is 37.9. The predicted octanol–water partition coefficient (Wildman–Crippen LogP) is -2.09. The highest BCUT2D eigenvalue weighted by Crippen LogP contribution is 2.33. The van der Waals surface area contributed by atoms with Crippen molar-refractivity contribution in [2.24, 2.45) is 0 Å². The van der Waals surface area contributed by atoms with E-state index >= 15 is 0 Å². The predicted molar refractivity (Wildman–Crippen MR) is 105 cm³/mol. The van der Waals surface area contributed by atoms with Crippen molar-refractivity contribution in [2.75, 3.05) is 6.61 Å². The van der Waals surface area contributed by atoms with E-state index in [4.69, 9.17) is 33.2 Å². The van der Waals surface area contributed by atoms with Gasteiger partial charge in [0.2, 0.25) is 0 Å². The number of hydrogen-bond acceptors (Lipinski definition) is 14. The summed E-state index contributed by atoms with van der Waals surface area (Å²) in [5.41, 5.74) is 0. The van der Waals surface area contributed by atoms with E-state index < -0.39 is 91.9 Å². The quantitative estimate of drug-likeness (QED) is 0.258. The minimum Gasteiger partial charge on any atom is -0.456 e. The summed E-state index contributed by atoms with van der Waals surface area (Å²) in [5.74, 6) is -3.17. The van der Waals surface area contributed by atoms with Crippen molar-refractivity contribution < 1.29 is 67.7 Å². The van der Waals surface area contributed by atoms with Crippen molar-refractivity contribution in [1.82, 2.24) is 0 Å². The minimum absolute atomic E-state index is 0.717. The summed E-state index contributed by atoms with van der Waals surface area (Å²) in [6, 6.07) is 0. The summed E-state index contributed by atoms with van der Waals surface area (Å²) in [6.45, 7) is 5.09. The van der Waals surface area contributed by atoms with E-state index in [1.54, 1.807) is 0 Å². The molecule has 10 atom stereocenters. The molecule has 0 aromatic rings. The Morgan fingerprint density at radius 1 is 0.706 bits per heavy atom. The minimum atomic E-state index is -1.79. The van der Waals surface area contributed by atoms with Gasteiger partial charge in [0.15, 0.2) is 37.0 Å². The van der Waals surface area contributed by atoms with E-state index in [2.05, 4.69) is 0 Å². The Morgan fingerprint density at radius 3 is 1.68 bits per heavy atom. The number of carbonyl (C=O) groups is 4. The monoisotopic (exact) mass is 494 g/mol. The van der Waals surface area contributed by atoms with Crippen LogP contribution < -0.4 is 0 Å². The molecule has 14 heteroatoms. The van der Waals surface area contributed by atoms with Gasteiger partial charge in [0.05, 0.1) is 12.7 Å². The van der Waals surface area contributed by atoms with Crippen LogP contribution >= 0.6 is 0 Å². The summed E-state index contributed by atoms with van der Waals surface area (Å²) in [7, 11) is 0. The number of aliphatic hydroxyl groups is 3. The van der Waals surface area contributed by atoms with Gasteiger partial charge in [-0.15, -0.1) is 0 Å². The first kappa shape index (κ1) is 27.9. The molecule has 0 radical (unpaired) electrons. The SMILES string of the molecule is CC(=O)O[C@@H]1[C@@H](OC(C)=O)[C@H](C)O[C@@H](O[C@H]2[C@H](O)[C@@H](CO)O[C@@H](O)[C@@H]2OC(C)=O)[C@@H]1OC(C)=O. The van der Waals surface area contributed by atoms with Gasteiger partial charge >= 0.3 is 23.9 Å².